The largest absolute Gasteiger partial charge is 0.352 e. The second-order valence-electron chi connectivity index (χ2n) is 3.78. The van der Waals surface area contributed by atoms with Crippen molar-refractivity contribution < 1.29 is 4.79 Å². The Bertz CT molecular complexity index is 355. The molecule has 0 unspecified atom stereocenters. The van der Waals surface area contributed by atoms with Gasteiger partial charge in [-0.05, 0) is 39.2 Å². The van der Waals surface area contributed by atoms with Gasteiger partial charge in [0.1, 0.15) is 5.15 Å². The van der Waals surface area contributed by atoms with E-state index in [1.165, 1.54) is 6.20 Å². The van der Waals surface area contributed by atoms with Crippen molar-refractivity contribution in [3.63, 3.8) is 0 Å². The predicted molar refractivity (Wildman–Crippen MR) is 64.8 cm³/mol. The molecule has 1 aromatic rings. The summed E-state index contributed by atoms with van der Waals surface area (Å²) in [5.74, 6) is -0.108. The van der Waals surface area contributed by atoms with Gasteiger partial charge in [0.2, 0.25) is 0 Å². The van der Waals surface area contributed by atoms with Gasteiger partial charge in [0, 0.05) is 18.3 Å². The van der Waals surface area contributed by atoms with Crippen LogP contribution in [0.3, 0.4) is 0 Å². The van der Waals surface area contributed by atoms with Crippen LogP contribution in [0.25, 0.3) is 0 Å². The van der Waals surface area contributed by atoms with Crippen LogP contribution in [0.1, 0.15) is 16.8 Å². The van der Waals surface area contributed by atoms with Crippen LogP contribution in [0.2, 0.25) is 5.15 Å². The smallest absolute Gasteiger partial charge is 0.251 e. The van der Waals surface area contributed by atoms with E-state index in [1.807, 2.05) is 14.1 Å². The summed E-state index contributed by atoms with van der Waals surface area (Å²) in [6, 6.07) is 3.20. The predicted octanol–water partition coefficient (Wildman–Crippen LogP) is 1.42. The number of hydrogen-bond donors (Lipinski definition) is 1. The van der Waals surface area contributed by atoms with E-state index in [9.17, 15) is 4.79 Å². The van der Waals surface area contributed by atoms with E-state index in [4.69, 9.17) is 11.6 Å². The molecule has 1 N–H and O–H groups in total. The first-order chi connectivity index (χ1) is 7.59. The van der Waals surface area contributed by atoms with Crippen molar-refractivity contribution in [2.75, 3.05) is 27.2 Å². The molecule has 0 aliphatic carbocycles. The summed E-state index contributed by atoms with van der Waals surface area (Å²) < 4.78 is 0. The van der Waals surface area contributed by atoms with E-state index in [0.717, 1.165) is 13.0 Å². The van der Waals surface area contributed by atoms with Gasteiger partial charge in [0.05, 0.1) is 0 Å². The monoisotopic (exact) mass is 241 g/mol. The number of carbonyl (C=O) groups excluding carboxylic acids is 1. The summed E-state index contributed by atoms with van der Waals surface area (Å²) in [5, 5.41) is 3.16. The summed E-state index contributed by atoms with van der Waals surface area (Å²) in [6.45, 7) is 1.62. The fraction of sp³-hybridized carbons (Fsp3) is 0.455. The van der Waals surface area contributed by atoms with Crippen molar-refractivity contribution in [2.45, 2.75) is 6.42 Å². The third-order valence-electron chi connectivity index (χ3n) is 2.06. The zero-order chi connectivity index (χ0) is 12.0. The molecular weight excluding hydrogens is 226 g/mol. The molecule has 0 saturated carbocycles. The molecule has 0 aromatic carbocycles. The molecule has 0 atom stereocenters. The van der Waals surface area contributed by atoms with Crippen LogP contribution in [-0.2, 0) is 0 Å². The number of halogens is 1. The number of rotatable bonds is 5. The number of aromatic nitrogens is 1. The van der Waals surface area contributed by atoms with Crippen molar-refractivity contribution in [2.24, 2.45) is 0 Å². The van der Waals surface area contributed by atoms with Crippen LogP contribution >= 0.6 is 11.6 Å². The van der Waals surface area contributed by atoms with Crippen molar-refractivity contribution in [3.05, 3.63) is 29.0 Å². The Balaban J connectivity index is 2.35. The Labute approximate surface area is 101 Å². The Hall–Kier alpha value is -1.13. The van der Waals surface area contributed by atoms with E-state index in [1.54, 1.807) is 12.1 Å². The molecule has 0 aliphatic rings. The van der Waals surface area contributed by atoms with Gasteiger partial charge >= 0.3 is 0 Å². The van der Waals surface area contributed by atoms with Crippen LogP contribution in [0.5, 0.6) is 0 Å². The molecule has 4 nitrogen and oxygen atoms in total. The van der Waals surface area contributed by atoms with Crippen molar-refractivity contribution in [1.82, 2.24) is 15.2 Å². The van der Waals surface area contributed by atoms with Gasteiger partial charge in [-0.2, -0.15) is 0 Å². The van der Waals surface area contributed by atoms with Gasteiger partial charge < -0.3 is 10.2 Å². The second-order valence-corrected chi connectivity index (χ2v) is 4.17. The lowest BCUT2D eigenvalue weighted by Gasteiger charge is -2.09. The lowest BCUT2D eigenvalue weighted by atomic mass is 10.2. The van der Waals surface area contributed by atoms with Crippen LogP contribution in [-0.4, -0.2) is 43.0 Å². The first-order valence-electron chi connectivity index (χ1n) is 5.14. The topological polar surface area (TPSA) is 45.2 Å². The highest BCUT2D eigenvalue weighted by Crippen LogP contribution is 2.06. The van der Waals surface area contributed by atoms with Crippen molar-refractivity contribution in [3.8, 4) is 0 Å². The Morgan fingerprint density at radius 1 is 1.56 bits per heavy atom. The molecule has 5 heteroatoms. The number of pyridine rings is 1. The number of carbonyl (C=O) groups is 1. The Morgan fingerprint density at radius 3 is 2.94 bits per heavy atom. The number of hydrogen-bond acceptors (Lipinski definition) is 3. The highest BCUT2D eigenvalue weighted by molar-refractivity contribution is 6.29. The lowest BCUT2D eigenvalue weighted by molar-refractivity contribution is 0.0952. The molecular formula is C11H16ClN3O. The molecule has 0 radical (unpaired) electrons. The Morgan fingerprint density at radius 2 is 2.31 bits per heavy atom. The maximum atomic E-state index is 11.6. The van der Waals surface area contributed by atoms with Crippen LogP contribution in [0.4, 0.5) is 0 Å². The first-order valence-corrected chi connectivity index (χ1v) is 5.52. The number of amides is 1. The van der Waals surface area contributed by atoms with Gasteiger partial charge in [-0.3, -0.25) is 4.79 Å². The van der Waals surface area contributed by atoms with Gasteiger partial charge in [0.15, 0.2) is 0 Å². The average Bonchev–Trinajstić information content (AvgIpc) is 2.24. The van der Waals surface area contributed by atoms with E-state index in [-0.39, 0.29) is 5.91 Å². The fourth-order valence-corrected chi connectivity index (χ4v) is 1.42. The van der Waals surface area contributed by atoms with Crippen molar-refractivity contribution in [1.29, 1.82) is 0 Å². The minimum Gasteiger partial charge on any atom is -0.352 e. The average molecular weight is 242 g/mol. The molecule has 1 rings (SSSR count). The SMILES string of the molecule is CN(C)CCCNC(=O)c1ccnc(Cl)c1. The molecule has 16 heavy (non-hydrogen) atoms. The minimum atomic E-state index is -0.108. The molecule has 0 spiro atoms. The van der Waals surface area contributed by atoms with E-state index in [2.05, 4.69) is 15.2 Å². The summed E-state index contributed by atoms with van der Waals surface area (Å²) in [7, 11) is 4.01. The van der Waals surface area contributed by atoms with Gasteiger partial charge in [-0.1, -0.05) is 11.6 Å². The molecule has 0 saturated heterocycles. The first kappa shape index (κ1) is 12.9. The standard InChI is InChI=1S/C11H16ClN3O/c1-15(2)7-3-5-14-11(16)9-4-6-13-10(12)8-9/h4,6,8H,3,5,7H2,1-2H3,(H,14,16). The number of nitrogens with one attached hydrogen (secondary N) is 1. The minimum absolute atomic E-state index is 0.108. The number of nitrogens with zero attached hydrogens (tertiary/aromatic N) is 2. The quantitative estimate of drug-likeness (QED) is 0.627. The summed E-state index contributed by atoms with van der Waals surface area (Å²) >= 11 is 5.69. The maximum Gasteiger partial charge on any atom is 0.251 e. The summed E-state index contributed by atoms with van der Waals surface area (Å²) in [6.07, 6.45) is 2.45. The summed E-state index contributed by atoms with van der Waals surface area (Å²) in [4.78, 5) is 17.5. The molecule has 1 heterocycles. The molecule has 1 aromatic heterocycles. The zero-order valence-corrected chi connectivity index (χ0v) is 10.3. The molecule has 0 bridgehead atoms. The fourth-order valence-electron chi connectivity index (χ4n) is 1.24. The van der Waals surface area contributed by atoms with Gasteiger partial charge in [-0.15, -0.1) is 0 Å². The maximum absolute atomic E-state index is 11.6. The highest BCUT2D eigenvalue weighted by Gasteiger charge is 2.05. The second kappa shape index (κ2) is 6.45. The molecule has 88 valence electrons. The van der Waals surface area contributed by atoms with Gasteiger partial charge in [-0.25, -0.2) is 4.98 Å². The van der Waals surface area contributed by atoms with Crippen LogP contribution in [0.15, 0.2) is 18.3 Å². The molecule has 0 aliphatic heterocycles. The van der Waals surface area contributed by atoms with E-state index in [0.29, 0.717) is 17.3 Å². The van der Waals surface area contributed by atoms with Crippen molar-refractivity contribution >= 4 is 17.5 Å². The summed E-state index contributed by atoms with van der Waals surface area (Å²) in [5.41, 5.74) is 0.546. The van der Waals surface area contributed by atoms with Crippen LogP contribution in [0, 0.1) is 0 Å². The lowest BCUT2D eigenvalue weighted by Crippen LogP contribution is -2.27. The molecule has 0 fully saturated rings. The zero-order valence-electron chi connectivity index (χ0n) is 9.53. The highest BCUT2D eigenvalue weighted by atomic mass is 35.5. The van der Waals surface area contributed by atoms with Crippen LogP contribution < -0.4 is 5.32 Å². The Kier molecular flexibility index (Phi) is 5.22. The third-order valence-corrected chi connectivity index (χ3v) is 2.26. The third kappa shape index (κ3) is 4.59. The molecule has 1 amide bonds. The normalized spacial score (nSPS) is 10.5. The van der Waals surface area contributed by atoms with E-state index < -0.39 is 0 Å². The van der Waals surface area contributed by atoms with E-state index >= 15 is 0 Å². The van der Waals surface area contributed by atoms with Gasteiger partial charge in [0.25, 0.3) is 5.91 Å².